The van der Waals surface area contributed by atoms with Gasteiger partial charge in [-0.25, -0.2) is 0 Å². The van der Waals surface area contributed by atoms with Crippen LogP contribution in [-0.4, -0.2) is 15.9 Å². The number of hydrogen-bond donors (Lipinski definition) is 0. The highest BCUT2D eigenvalue weighted by atomic mass is 35.5. The zero-order valence-electron chi connectivity index (χ0n) is 8.29. The fraction of sp³-hybridized carbons (Fsp3) is 0.273. The highest BCUT2D eigenvalue weighted by Crippen LogP contribution is 2.07. The van der Waals surface area contributed by atoms with Gasteiger partial charge in [-0.15, -0.1) is 0 Å². The number of pyridine rings is 1. The molecular formula is C11H10ClNOS. The van der Waals surface area contributed by atoms with E-state index in [0.717, 1.165) is 11.3 Å². The molecule has 0 unspecified atom stereocenters. The normalized spacial score (nSPS) is 9.20. The average Bonchev–Trinajstić information content (AvgIpc) is 2.17. The zero-order valence-corrected chi connectivity index (χ0v) is 9.86. The van der Waals surface area contributed by atoms with Gasteiger partial charge in [-0.1, -0.05) is 35.2 Å². The summed E-state index contributed by atoms with van der Waals surface area (Å²) in [5.41, 5.74) is 0.801. The van der Waals surface area contributed by atoms with E-state index in [1.807, 2.05) is 0 Å². The zero-order chi connectivity index (χ0) is 11.1. The minimum absolute atomic E-state index is 0.126. The second-order valence-electron chi connectivity index (χ2n) is 2.78. The maximum atomic E-state index is 10.6. The lowest BCUT2D eigenvalue weighted by atomic mass is 10.3. The molecule has 1 aromatic rings. The second-order valence-corrected chi connectivity index (χ2v) is 4.49. The number of rotatable bonds is 2. The quantitative estimate of drug-likeness (QED) is 0.587. The number of thioether (sulfide) groups is 1. The maximum Gasteiger partial charge on any atom is 0.185 e. The van der Waals surface area contributed by atoms with Crippen molar-refractivity contribution in [2.45, 2.75) is 13.3 Å². The van der Waals surface area contributed by atoms with Crippen LogP contribution in [0.25, 0.3) is 0 Å². The maximum absolute atomic E-state index is 10.6. The molecule has 78 valence electrons. The molecule has 1 heterocycles. The number of nitrogens with zero attached hydrogens (tertiary/aromatic N) is 1. The predicted molar refractivity (Wildman–Crippen MR) is 63.9 cm³/mol. The van der Waals surface area contributed by atoms with E-state index in [9.17, 15) is 4.79 Å². The molecule has 0 amide bonds. The molecule has 1 aromatic heterocycles. The summed E-state index contributed by atoms with van der Waals surface area (Å²) in [7, 11) is 0. The standard InChI is InChI=1S/C11H10ClNOS/c1-9(14)15-5-3-2-4-10-6-11(12)8-13-7-10/h6-8H,3,5H2,1H3. The van der Waals surface area contributed by atoms with Crippen LogP contribution in [0.2, 0.25) is 5.02 Å². The van der Waals surface area contributed by atoms with Crippen molar-refractivity contribution in [3.63, 3.8) is 0 Å². The van der Waals surface area contributed by atoms with Crippen molar-refractivity contribution >= 4 is 28.5 Å². The predicted octanol–water partition coefficient (Wildman–Crippen LogP) is 2.76. The molecule has 0 bridgehead atoms. The largest absolute Gasteiger partial charge is 0.288 e. The Morgan fingerprint density at radius 3 is 3.07 bits per heavy atom. The second kappa shape index (κ2) is 6.49. The molecule has 4 heteroatoms. The molecule has 0 aromatic carbocycles. The Bertz CT molecular complexity index is 409. The Labute approximate surface area is 98.4 Å². The third-order valence-electron chi connectivity index (χ3n) is 1.47. The summed E-state index contributed by atoms with van der Waals surface area (Å²) >= 11 is 7.03. The molecule has 0 radical (unpaired) electrons. The lowest BCUT2D eigenvalue weighted by Crippen LogP contribution is -1.84. The molecule has 0 aliphatic rings. The molecule has 0 aliphatic heterocycles. The summed E-state index contributed by atoms with van der Waals surface area (Å²) < 4.78 is 0. The van der Waals surface area contributed by atoms with Gasteiger partial charge in [0.25, 0.3) is 0 Å². The molecule has 15 heavy (non-hydrogen) atoms. The van der Waals surface area contributed by atoms with Crippen LogP contribution in [0, 0.1) is 11.8 Å². The summed E-state index contributed by atoms with van der Waals surface area (Å²) in [6, 6.07) is 1.76. The van der Waals surface area contributed by atoms with Crippen LogP contribution in [0.15, 0.2) is 18.5 Å². The van der Waals surface area contributed by atoms with Crippen LogP contribution in [0.5, 0.6) is 0 Å². The third-order valence-corrected chi connectivity index (χ3v) is 2.49. The molecule has 2 nitrogen and oxygen atoms in total. The van der Waals surface area contributed by atoms with Crippen LogP contribution in [0.3, 0.4) is 0 Å². The number of aromatic nitrogens is 1. The molecule has 0 fully saturated rings. The van der Waals surface area contributed by atoms with Gasteiger partial charge in [-0.05, 0) is 6.07 Å². The number of halogens is 1. The van der Waals surface area contributed by atoms with Gasteiger partial charge in [-0.3, -0.25) is 9.78 Å². The molecule has 0 saturated heterocycles. The average molecular weight is 240 g/mol. The van der Waals surface area contributed by atoms with Gasteiger partial charge in [0.2, 0.25) is 0 Å². The Balaban J connectivity index is 2.41. The van der Waals surface area contributed by atoms with Crippen LogP contribution >= 0.6 is 23.4 Å². The van der Waals surface area contributed by atoms with Crippen molar-refractivity contribution in [2.24, 2.45) is 0 Å². The molecule has 0 spiro atoms. The molecule has 0 N–H and O–H groups in total. The number of hydrogen-bond acceptors (Lipinski definition) is 3. The van der Waals surface area contributed by atoms with Crippen molar-refractivity contribution in [1.82, 2.24) is 4.98 Å². The van der Waals surface area contributed by atoms with Crippen LogP contribution in [0.4, 0.5) is 0 Å². The van der Waals surface area contributed by atoms with Gasteiger partial charge >= 0.3 is 0 Å². The summed E-state index contributed by atoms with van der Waals surface area (Å²) in [6.45, 7) is 1.55. The van der Waals surface area contributed by atoms with Gasteiger partial charge in [0.15, 0.2) is 5.12 Å². The molecule has 0 atom stereocenters. The van der Waals surface area contributed by atoms with Crippen molar-refractivity contribution in [3.05, 3.63) is 29.0 Å². The van der Waals surface area contributed by atoms with Crippen LogP contribution in [0.1, 0.15) is 18.9 Å². The number of carbonyl (C=O) groups is 1. The van der Waals surface area contributed by atoms with E-state index in [-0.39, 0.29) is 5.12 Å². The van der Waals surface area contributed by atoms with Crippen LogP contribution in [-0.2, 0) is 4.79 Å². The van der Waals surface area contributed by atoms with E-state index in [0.29, 0.717) is 11.4 Å². The first-order valence-electron chi connectivity index (χ1n) is 4.41. The lowest BCUT2D eigenvalue weighted by Gasteiger charge is -1.90. The first kappa shape index (κ1) is 12.1. The Hall–Kier alpha value is -0.980. The highest BCUT2D eigenvalue weighted by Gasteiger charge is 1.91. The van der Waals surface area contributed by atoms with Crippen molar-refractivity contribution in [3.8, 4) is 11.8 Å². The smallest absolute Gasteiger partial charge is 0.185 e. The van der Waals surface area contributed by atoms with Crippen molar-refractivity contribution in [1.29, 1.82) is 0 Å². The van der Waals surface area contributed by atoms with E-state index >= 15 is 0 Å². The fourth-order valence-electron chi connectivity index (χ4n) is 0.891. The minimum Gasteiger partial charge on any atom is -0.288 e. The van der Waals surface area contributed by atoms with Gasteiger partial charge < -0.3 is 0 Å². The van der Waals surface area contributed by atoms with Crippen molar-refractivity contribution < 1.29 is 4.79 Å². The summed E-state index contributed by atoms with van der Waals surface area (Å²) in [5, 5.41) is 0.709. The first-order chi connectivity index (χ1) is 7.18. The van der Waals surface area contributed by atoms with E-state index in [1.54, 1.807) is 25.4 Å². The van der Waals surface area contributed by atoms with E-state index in [1.165, 1.54) is 11.8 Å². The SMILES string of the molecule is CC(=O)SCCC#Cc1cncc(Cl)c1. The summed E-state index contributed by atoms with van der Waals surface area (Å²) in [4.78, 5) is 14.5. The Morgan fingerprint density at radius 1 is 1.60 bits per heavy atom. The van der Waals surface area contributed by atoms with Crippen LogP contribution < -0.4 is 0 Å². The fourth-order valence-corrected chi connectivity index (χ4v) is 1.56. The summed E-state index contributed by atoms with van der Waals surface area (Å²) in [6.07, 6.45) is 3.92. The highest BCUT2D eigenvalue weighted by molar-refractivity contribution is 8.13. The lowest BCUT2D eigenvalue weighted by molar-refractivity contribution is -0.109. The van der Waals surface area contributed by atoms with Gasteiger partial charge in [0.1, 0.15) is 0 Å². The van der Waals surface area contributed by atoms with Crippen molar-refractivity contribution in [2.75, 3.05) is 5.75 Å². The Morgan fingerprint density at radius 2 is 2.40 bits per heavy atom. The van der Waals surface area contributed by atoms with E-state index in [4.69, 9.17) is 11.6 Å². The first-order valence-corrected chi connectivity index (χ1v) is 5.77. The summed E-state index contributed by atoms with van der Waals surface area (Å²) in [5.74, 6) is 6.63. The number of carbonyl (C=O) groups excluding carboxylic acids is 1. The van der Waals surface area contributed by atoms with Gasteiger partial charge in [-0.2, -0.15) is 0 Å². The van der Waals surface area contributed by atoms with E-state index in [2.05, 4.69) is 16.8 Å². The molecular weight excluding hydrogens is 230 g/mol. The topological polar surface area (TPSA) is 30.0 Å². The van der Waals surface area contributed by atoms with Gasteiger partial charge in [0.05, 0.1) is 5.02 Å². The van der Waals surface area contributed by atoms with E-state index < -0.39 is 0 Å². The third kappa shape index (κ3) is 5.46. The minimum atomic E-state index is 0.126. The molecule has 0 saturated carbocycles. The molecule has 0 aliphatic carbocycles. The van der Waals surface area contributed by atoms with Gasteiger partial charge in [0, 0.05) is 37.1 Å². The molecule has 1 rings (SSSR count). The monoisotopic (exact) mass is 239 g/mol. The Kier molecular flexibility index (Phi) is 5.23.